The largest absolute Gasteiger partial charge is 0.313 e. The third-order valence-corrected chi connectivity index (χ3v) is 2.91. The number of halogens is 1. The molecule has 1 rings (SSSR count). The lowest BCUT2D eigenvalue weighted by molar-refractivity contribution is 0.283. The van der Waals surface area contributed by atoms with E-state index >= 15 is 0 Å². The molecule has 0 aliphatic rings. The highest BCUT2D eigenvalue weighted by Crippen LogP contribution is 2.20. The summed E-state index contributed by atoms with van der Waals surface area (Å²) < 4.78 is 13.2. The molecule has 0 aromatic heterocycles. The monoisotopic (exact) mass is 238 g/mol. The van der Waals surface area contributed by atoms with Crippen LogP contribution in [0.5, 0.6) is 0 Å². The number of hydrogen-bond donors (Lipinski definition) is 1. The van der Waals surface area contributed by atoms with Crippen LogP contribution in [-0.2, 0) is 0 Å². The predicted octanol–water partition coefficient (Wildman–Crippen LogP) is 2.73. The summed E-state index contributed by atoms with van der Waals surface area (Å²) in [6, 6.07) is 6.09. The highest BCUT2D eigenvalue weighted by atomic mass is 19.1. The zero-order chi connectivity index (χ0) is 13.0. The van der Waals surface area contributed by atoms with Gasteiger partial charge in [-0.1, -0.05) is 26.0 Å². The van der Waals surface area contributed by atoms with Gasteiger partial charge in [0.1, 0.15) is 5.82 Å². The molecule has 17 heavy (non-hydrogen) atoms. The number of nitrogens with zero attached hydrogens (tertiary/aromatic N) is 1. The van der Waals surface area contributed by atoms with Crippen molar-refractivity contribution in [1.82, 2.24) is 10.2 Å². The topological polar surface area (TPSA) is 15.3 Å². The Morgan fingerprint density at radius 1 is 1.29 bits per heavy atom. The van der Waals surface area contributed by atoms with Crippen LogP contribution in [0.2, 0.25) is 0 Å². The molecule has 0 amide bonds. The van der Waals surface area contributed by atoms with Gasteiger partial charge in [0, 0.05) is 18.6 Å². The van der Waals surface area contributed by atoms with Gasteiger partial charge in [-0.2, -0.15) is 0 Å². The number of likely N-dealkylation sites (N-methyl/N-ethyl adjacent to an activating group) is 1. The number of rotatable bonds is 5. The highest BCUT2D eigenvalue weighted by Gasteiger charge is 2.15. The maximum atomic E-state index is 13.2. The Kier molecular flexibility index (Phi) is 5.09. The molecule has 0 saturated heterocycles. The van der Waals surface area contributed by atoms with Crippen molar-refractivity contribution in [3.05, 3.63) is 35.1 Å². The van der Waals surface area contributed by atoms with Gasteiger partial charge in [-0.25, -0.2) is 4.39 Å². The van der Waals surface area contributed by atoms with Gasteiger partial charge in [0.2, 0.25) is 0 Å². The summed E-state index contributed by atoms with van der Waals surface area (Å²) in [4.78, 5) is 2.15. The van der Waals surface area contributed by atoms with Gasteiger partial charge in [0.05, 0.1) is 0 Å². The summed E-state index contributed by atoms with van der Waals surface area (Å²) >= 11 is 0. The summed E-state index contributed by atoms with van der Waals surface area (Å²) in [6.07, 6.45) is 0. The lowest BCUT2D eigenvalue weighted by Crippen LogP contribution is -2.34. The van der Waals surface area contributed by atoms with Crippen molar-refractivity contribution < 1.29 is 4.39 Å². The van der Waals surface area contributed by atoms with Gasteiger partial charge in [-0.3, -0.25) is 0 Å². The zero-order valence-corrected chi connectivity index (χ0v) is 11.4. The van der Waals surface area contributed by atoms with Gasteiger partial charge in [0.15, 0.2) is 0 Å². The Labute approximate surface area is 104 Å². The fourth-order valence-electron chi connectivity index (χ4n) is 1.82. The smallest absolute Gasteiger partial charge is 0.126 e. The molecule has 3 heteroatoms. The Morgan fingerprint density at radius 2 is 1.94 bits per heavy atom. The van der Waals surface area contributed by atoms with Crippen LogP contribution in [0.25, 0.3) is 0 Å². The van der Waals surface area contributed by atoms with Crippen LogP contribution >= 0.6 is 0 Å². The lowest BCUT2D eigenvalue weighted by Gasteiger charge is -2.26. The Hall–Kier alpha value is -0.930. The average Bonchev–Trinajstić information content (AvgIpc) is 2.22. The first-order valence-electron chi connectivity index (χ1n) is 6.07. The molecule has 0 radical (unpaired) electrons. The molecule has 1 atom stereocenters. The quantitative estimate of drug-likeness (QED) is 0.848. The molecule has 1 aromatic carbocycles. The number of aryl methyl sites for hydroxylation is 1. The van der Waals surface area contributed by atoms with Crippen molar-refractivity contribution in [1.29, 1.82) is 0 Å². The Bertz CT molecular complexity index is 361. The van der Waals surface area contributed by atoms with E-state index < -0.39 is 0 Å². The first-order valence-corrected chi connectivity index (χ1v) is 6.07. The number of nitrogens with one attached hydrogen (secondary N) is 1. The SMILES string of the molecule is Cc1cc(C(CNC(C)C)N(C)C)ccc1F. The standard InChI is InChI=1S/C14H23FN2/c1-10(2)16-9-14(17(4)5)12-6-7-13(15)11(3)8-12/h6-8,10,14,16H,9H2,1-5H3. The predicted molar refractivity (Wildman–Crippen MR) is 70.7 cm³/mol. The van der Waals surface area contributed by atoms with Crippen molar-refractivity contribution in [3.63, 3.8) is 0 Å². The first-order chi connectivity index (χ1) is 7.91. The second-order valence-corrected chi connectivity index (χ2v) is 5.05. The van der Waals surface area contributed by atoms with Crippen LogP contribution < -0.4 is 5.32 Å². The van der Waals surface area contributed by atoms with Crippen molar-refractivity contribution in [2.24, 2.45) is 0 Å². The maximum Gasteiger partial charge on any atom is 0.126 e. The van der Waals surface area contributed by atoms with Crippen molar-refractivity contribution in [2.75, 3.05) is 20.6 Å². The van der Waals surface area contributed by atoms with Crippen LogP contribution in [-0.4, -0.2) is 31.6 Å². The summed E-state index contributed by atoms with van der Waals surface area (Å²) in [5.74, 6) is -0.136. The van der Waals surface area contributed by atoms with Crippen LogP contribution in [0.15, 0.2) is 18.2 Å². The Morgan fingerprint density at radius 3 is 2.41 bits per heavy atom. The van der Waals surface area contributed by atoms with E-state index in [4.69, 9.17) is 0 Å². The van der Waals surface area contributed by atoms with E-state index in [-0.39, 0.29) is 11.9 Å². The number of benzene rings is 1. The van der Waals surface area contributed by atoms with Gasteiger partial charge in [-0.05, 0) is 38.2 Å². The van der Waals surface area contributed by atoms with E-state index in [1.807, 2.05) is 26.2 Å². The second-order valence-electron chi connectivity index (χ2n) is 5.05. The van der Waals surface area contributed by atoms with E-state index in [0.717, 1.165) is 12.1 Å². The molecule has 0 aliphatic heterocycles. The number of hydrogen-bond acceptors (Lipinski definition) is 2. The molecule has 1 N–H and O–H groups in total. The summed E-state index contributed by atoms with van der Waals surface area (Å²) in [5, 5.41) is 3.42. The molecule has 0 saturated carbocycles. The minimum atomic E-state index is -0.136. The summed E-state index contributed by atoms with van der Waals surface area (Å²) in [6.45, 7) is 6.93. The molecule has 0 bridgehead atoms. The molecule has 2 nitrogen and oxygen atoms in total. The van der Waals surface area contributed by atoms with Crippen molar-refractivity contribution in [3.8, 4) is 0 Å². The summed E-state index contributed by atoms with van der Waals surface area (Å²) in [5.41, 5.74) is 1.86. The fourth-order valence-corrected chi connectivity index (χ4v) is 1.82. The average molecular weight is 238 g/mol. The van der Waals surface area contributed by atoms with Gasteiger partial charge >= 0.3 is 0 Å². The van der Waals surface area contributed by atoms with Crippen LogP contribution in [0.4, 0.5) is 4.39 Å². The third-order valence-electron chi connectivity index (χ3n) is 2.91. The Balaban J connectivity index is 2.85. The lowest BCUT2D eigenvalue weighted by atomic mass is 10.0. The fraction of sp³-hybridized carbons (Fsp3) is 0.571. The van der Waals surface area contributed by atoms with Crippen LogP contribution in [0, 0.1) is 12.7 Å². The molecular weight excluding hydrogens is 215 g/mol. The minimum absolute atomic E-state index is 0.136. The van der Waals surface area contributed by atoms with Crippen LogP contribution in [0.3, 0.4) is 0 Å². The van der Waals surface area contributed by atoms with Crippen LogP contribution in [0.1, 0.15) is 31.0 Å². The second kappa shape index (κ2) is 6.12. The zero-order valence-electron chi connectivity index (χ0n) is 11.4. The van der Waals surface area contributed by atoms with Crippen molar-refractivity contribution in [2.45, 2.75) is 32.9 Å². The maximum absolute atomic E-state index is 13.2. The molecule has 0 spiro atoms. The molecule has 1 aromatic rings. The molecule has 96 valence electrons. The van der Waals surface area contributed by atoms with E-state index in [1.165, 1.54) is 0 Å². The van der Waals surface area contributed by atoms with Gasteiger partial charge < -0.3 is 10.2 Å². The molecular formula is C14H23FN2. The van der Waals surface area contributed by atoms with E-state index in [9.17, 15) is 4.39 Å². The third kappa shape index (κ3) is 4.10. The highest BCUT2D eigenvalue weighted by molar-refractivity contribution is 5.26. The first kappa shape index (κ1) is 14.1. The summed E-state index contributed by atoms with van der Waals surface area (Å²) in [7, 11) is 4.09. The normalized spacial score (nSPS) is 13.4. The van der Waals surface area contributed by atoms with Crippen molar-refractivity contribution >= 4 is 0 Å². The molecule has 0 fully saturated rings. The van der Waals surface area contributed by atoms with E-state index in [0.29, 0.717) is 11.6 Å². The van der Waals surface area contributed by atoms with Gasteiger partial charge in [-0.15, -0.1) is 0 Å². The molecule has 0 aliphatic carbocycles. The van der Waals surface area contributed by atoms with E-state index in [1.54, 1.807) is 13.0 Å². The molecule has 1 unspecified atom stereocenters. The molecule has 0 heterocycles. The van der Waals surface area contributed by atoms with E-state index in [2.05, 4.69) is 24.1 Å². The van der Waals surface area contributed by atoms with Gasteiger partial charge in [0.25, 0.3) is 0 Å². The minimum Gasteiger partial charge on any atom is -0.313 e.